The van der Waals surface area contributed by atoms with Gasteiger partial charge in [-0.05, 0) is 24.0 Å². The molecule has 1 saturated carbocycles. The standard InChI is InChI=1S/C15H20ClN3O2/c16-13-4-3-12(10-15(13)19(20)21)14(9-11-1-2-11)18-7-5-17-6-8-18/h3-4,10-11,14,17H,1-2,5-9H2/t14-/m0/s1. The highest BCUT2D eigenvalue weighted by Gasteiger charge is 2.31. The van der Waals surface area contributed by atoms with Gasteiger partial charge in [0.15, 0.2) is 0 Å². The summed E-state index contributed by atoms with van der Waals surface area (Å²) in [5, 5.41) is 14.7. The zero-order chi connectivity index (χ0) is 14.8. The molecule has 0 bridgehead atoms. The van der Waals surface area contributed by atoms with Gasteiger partial charge in [-0.1, -0.05) is 30.5 Å². The summed E-state index contributed by atoms with van der Waals surface area (Å²) in [6.07, 6.45) is 3.68. The summed E-state index contributed by atoms with van der Waals surface area (Å²) in [4.78, 5) is 13.2. The number of nitro benzene ring substituents is 1. The largest absolute Gasteiger partial charge is 0.314 e. The van der Waals surface area contributed by atoms with Gasteiger partial charge >= 0.3 is 0 Å². The number of benzene rings is 1. The molecule has 2 aliphatic rings. The fourth-order valence-corrected chi connectivity index (χ4v) is 3.22. The van der Waals surface area contributed by atoms with Gasteiger partial charge in [-0.2, -0.15) is 0 Å². The van der Waals surface area contributed by atoms with Gasteiger partial charge in [0.25, 0.3) is 5.69 Å². The van der Waals surface area contributed by atoms with E-state index in [2.05, 4.69) is 10.2 Å². The molecule has 1 saturated heterocycles. The predicted molar refractivity (Wildman–Crippen MR) is 82.6 cm³/mol. The third-order valence-electron chi connectivity index (χ3n) is 4.40. The Morgan fingerprint density at radius 3 is 2.71 bits per heavy atom. The molecule has 5 nitrogen and oxygen atoms in total. The number of nitrogens with one attached hydrogen (secondary N) is 1. The molecule has 1 aliphatic carbocycles. The number of hydrogen-bond donors (Lipinski definition) is 1. The van der Waals surface area contributed by atoms with Crippen LogP contribution in [0.25, 0.3) is 0 Å². The van der Waals surface area contributed by atoms with Crippen LogP contribution in [-0.2, 0) is 0 Å². The third kappa shape index (κ3) is 3.54. The Morgan fingerprint density at radius 1 is 1.38 bits per heavy atom. The quantitative estimate of drug-likeness (QED) is 0.671. The lowest BCUT2D eigenvalue weighted by Crippen LogP contribution is -2.45. The van der Waals surface area contributed by atoms with Gasteiger partial charge in [-0.3, -0.25) is 15.0 Å². The maximum Gasteiger partial charge on any atom is 0.288 e. The second-order valence-corrected chi connectivity index (χ2v) is 6.36. The zero-order valence-corrected chi connectivity index (χ0v) is 12.7. The van der Waals surface area contributed by atoms with E-state index in [4.69, 9.17) is 11.6 Å². The first kappa shape index (κ1) is 14.8. The van der Waals surface area contributed by atoms with Crippen molar-refractivity contribution < 1.29 is 4.92 Å². The van der Waals surface area contributed by atoms with Crippen LogP contribution in [0.2, 0.25) is 5.02 Å². The minimum atomic E-state index is -0.391. The molecular formula is C15H20ClN3O2. The summed E-state index contributed by atoms with van der Waals surface area (Å²) in [6.45, 7) is 3.95. The Labute approximate surface area is 129 Å². The molecule has 0 aromatic heterocycles. The number of rotatable bonds is 5. The van der Waals surface area contributed by atoms with Crippen LogP contribution in [0.1, 0.15) is 30.9 Å². The van der Waals surface area contributed by atoms with Crippen LogP contribution >= 0.6 is 11.6 Å². The molecule has 21 heavy (non-hydrogen) atoms. The van der Waals surface area contributed by atoms with E-state index in [1.54, 1.807) is 12.1 Å². The minimum Gasteiger partial charge on any atom is -0.314 e. The van der Waals surface area contributed by atoms with Crippen molar-refractivity contribution in [3.63, 3.8) is 0 Å². The Bertz CT molecular complexity index is 528. The molecule has 1 aliphatic heterocycles. The van der Waals surface area contributed by atoms with Crippen molar-refractivity contribution in [1.82, 2.24) is 10.2 Å². The molecule has 3 rings (SSSR count). The Morgan fingerprint density at radius 2 is 2.10 bits per heavy atom. The van der Waals surface area contributed by atoms with Crippen LogP contribution in [0, 0.1) is 16.0 Å². The average molecular weight is 310 g/mol. The molecule has 114 valence electrons. The Balaban J connectivity index is 1.87. The molecule has 6 heteroatoms. The first-order chi connectivity index (χ1) is 10.1. The number of nitrogens with zero attached hydrogens (tertiary/aromatic N) is 2. The van der Waals surface area contributed by atoms with Crippen LogP contribution in [0.4, 0.5) is 5.69 Å². The Hall–Kier alpha value is -1.17. The molecule has 0 unspecified atom stereocenters. The van der Waals surface area contributed by atoms with Crippen molar-refractivity contribution in [3.05, 3.63) is 38.9 Å². The number of piperazine rings is 1. The minimum absolute atomic E-state index is 0.0186. The maximum absolute atomic E-state index is 11.1. The van der Waals surface area contributed by atoms with Crippen LogP contribution in [0.15, 0.2) is 18.2 Å². The van der Waals surface area contributed by atoms with Crippen molar-refractivity contribution in [3.8, 4) is 0 Å². The molecule has 1 aromatic carbocycles. The predicted octanol–water partition coefficient (Wildman–Crippen LogP) is 2.99. The SMILES string of the molecule is O=[N+]([O-])c1cc([C@H](CC2CC2)N2CCNCC2)ccc1Cl. The van der Waals surface area contributed by atoms with Gasteiger partial charge in [0.05, 0.1) is 4.92 Å². The van der Waals surface area contributed by atoms with Gasteiger partial charge in [0, 0.05) is 38.3 Å². The second-order valence-electron chi connectivity index (χ2n) is 5.95. The molecule has 1 aromatic rings. The van der Waals surface area contributed by atoms with E-state index >= 15 is 0 Å². The fourth-order valence-electron chi connectivity index (χ4n) is 3.04. The number of halogens is 1. The summed E-state index contributed by atoms with van der Waals surface area (Å²) >= 11 is 5.93. The van der Waals surface area contributed by atoms with Gasteiger partial charge in [-0.15, -0.1) is 0 Å². The smallest absolute Gasteiger partial charge is 0.288 e. The van der Waals surface area contributed by atoms with Gasteiger partial charge < -0.3 is 5.32 Å². The van der Waals surface area contributed by atoms with E-state index in [-0.39, 0.29) is 16.8 Å². The van der Waals surface area contributed by atoms with E-state index in [9.17, 15) is 10.1 Å². The average Bonchev–Trinajstić information content (AvgIpc) is 3.30. The van der Waals surface area contributed by atoms with Gasteiger partial charge in [0.2, 0.25) is 0 Å². The maximum atomic E-state index is 11.1. The van der Waals surface area contributed by atoms with Crippen molar-refractivity contribution >= 4 is 17.3 Å². The van der Waals surface area contributed by atoms with Crippen LogP contribution in [-0.4, -0.2) is 36.0 Å². The summed E-state index contributed by atoms with van der Waals surface area (Å²) in [6, 6.07) is 5.55. The summed E-state index contributed by atoms with van der Waals surface area (Å²) < 4.78 is 0. The van der Waals surface area contributed by atoms with Crippen molar-refractivity contribution in [2.45, 2.75) is 25.3 Å². The van der Waals surface area contributed by atoms with Crippen molar-refractivity contribution in [1.29, 1.82) is 0 Å². The second kappa shape index (κ2) is 6.30. The van der Waals surface area contributed by atoms with E-state index in [1.165, 1.54) is 12.8 Å². The van der Waals surface area contributed by atoms with Crippen LogP contribution in [0.5, 0.6) is 0 Å². The lowest BCUT2D eigenvalue weighted by atomic mass is 9.98. The van der Waals surface area contributed by atoms with E-state index in [0.717, 1.165) is 44.1 Å². The van der Waals surface area contributed by atoms with Gasteiger partial charge in [-0.25, -0.2) is 0 Å². The summed E-state index contributed by atoms with van der Waals surface area (Å²) in [5.41, 5.74) is 1.05. The molecule has 1 heterocycles. The topological polar surface area (TPSA) is 58.4 Å². The third-order valence-corrected chi connectivity index (χ3v) is 4.72. The summed E-state index contributed by atoms with van der Waals surface area (Å²) in [7, 11) is 0. The summed E-state index contributed by atoms with van der Waals surface area (Å²) in [5.74, 6) is 0.777. The van der Waals surface area contributed by atoms with Gasteiger partial charge in [0.1, 0.15) is 5.02 Å². The molecular weight excluding hydrogens is 290 g/mol. The lowest BCUT2D eigenvalue weighted by molar-refractivity contribution is -0.384. The van der Waals surface area contributed by atoms with Crippen molar-refractivity contribution in [2.75, 3.05) is 26.2 Å². The van der Waals surface area contributed by atoms with E-state index < -0.39 is 4.92 Å². The molecule has 0 amide bonds. The monoisotopic (exact) mass is 309 g/mol. The number of nitro groups is 1. The molecule has 1 N–H and O–H groups in total. The highest BCUT2D eigenvalue weighted by Crippen LogP contribution is 2.41. The highest BCUT2D eigenvalue weighted by atomic mass is 35.5. The molecule has 0 radical (unpaired) electrons. The Kier molecular flexibility index (Phi) is 4.42. The highest BCUT2D eigenvalue weighted by molar-refractivity contribution is 6.32. The zero-order valence-electron chi connectivity index (χ0n) is 11.9. The first-order valence-corrected chi connectivity index (χ1v) is 7.91. The fraction of sp³-hybridized carbons (Fsp3) is 0.600. The van der Waals surface area contributed by atoms with E-state index in [0.29, 0.717) is 0 Å². The molecule has 0 spiro atoms. The van der Waals surface area contributed by atoms with Crippen molar-refractivity contribution in [2.24, 2.45) is 5.92 Å². The van der Waals surface area contributed by atoms with E-state index in [1.807, 2.05) is 6.07 Å². The van der Waals surface area contributed by atoms with Crippen LogP contribution < -0.4 is 5.32 Å². The molecule has 1 atom stereocenters. The normalized spacial score (nSPS) is 21.2. The van der Waals surface area contributed by atoms with Crippen LogP contribution in [0.3, 0.4) is 0 Å². The lowest BCUT2D eigenvalue weighted by Gasteiger charge is -2.35. The number of hydrogen-bond acceptors (Lipinski definition) is 4. The first-order valence-electron chi connectivity index (χ1n) is 7.54. The molecule has 2 fully saturated rings.